The molecule has 2 rings (SSSR count). The van der Waals surface area contributed by atoms with Crippen molar-refractivity contribution in [2.75, 3.05) is 19.0 Å². The lowest BCUT2D eigenvalue weighted by atomic mass is 10.1. The molecule has 0 unspecified atom stereocenters. The number of anilines is 1. The van der Waals surface area contributed by atoms with Gasteiger partial charge in [-0.05, 0) is 25.0 Å². The second kappa shape index (κ2) is 4.85. The van der Waals surface area contributed by atoms with Crippen LogP contribution in [0.1, 0.15) is 23.2 Å². The molecule has 7 heteroatoms. The number of carbonyl (C=O) groups excluding carboxylic acids is 1. The van der Waals surface area contributed by atoms with Crippen LogP contribution in [0.25, 0.3) is 0 Å². The number of nitro groups is 1. The molecule has 0 atom stereocenters. The number of aliphatic hydroxyl groups excluding tert-OH is 1. The molecule has 1 aliphatic rings. The summed E-state index contributed by atoms with van der Waals surface area (Å²) in [5.41, 5.74) is -0.185. The van der Waals surface area contributed by atoms with Gasteiger partial charge in [-0.2, -0.15) is 0 Å². The van der Waals surface area contributed by atoms with E-state index in [9.17, 15) is 20.0 Å². The Morgan fingerprint density at radius 1 is 1.58 bits per heavy atom. The zero-order valence-corrected chi connectivity index (χ0v) is 10.4. The Kier molecular flexibility index (Phi) is 3.39. The number of aliphatic hydroxyl groups is 1. The minimum absolute atomic E-state index is 0.105. The van der Waals surface area contributed by atoms with Crippen LogP contribution in [0, 0.1) is 10.1 Å². The normalized spacial score (nSPS) is 15.7. The monoisotopic (exact) mass is 266 g/mol. The predicted octanol–water partition coefficient (Wildman–Crippen LogP) is 1.32. The second-order valence-electron chi connectivity index (χ2n) is 4.54. The zero-order valence-electron chi connectivity index (χ0n) is 10.4. The van der Waals surface area contributed by atoms with Gasteiger partial charge < -0.3 is 15.2 Å². The van der Waals surface area contributed by atoms with E-state index in [0.717, 1.165) is 12.8 Å². The number of nitrogens with one attached hydrogen (secondary N) is 1. The number of rotatable bonds is 5. The third kappa shape index (κ3) is 2.65. The average molecular weight is 266 g/mol. The van der Waals surface area contributed by atoms with Crippen LogP contribution < -0.4 is 5.32 Å². The molecule has 0 amide bonds. The number of nitrogens with zero attached hydrogens (tertiary/aromatic N) is 1. The standard InChI is InChI=1S/C12H14N2O5/c1-19-11(16)8-2-3-10(14(17)18)9(6-8)13-12(7-15)4-5-12/h2-3,6,13,15H,4-5,7H2,1H3. The highest BCUT2D eigenvalue weighted by molar-refractivity contribution is 5.91. The van der Waals surface area contributed by atoms with Gasteiger partial charge in [-0.15, -0.1) is 0 Å². The molecular weight excluding hydrogens is 252 g/mol. The first-order chi connectivity index (χ1) is 9.01. The Labute approximate surface area is 109 Å². The molecule has 19 heavy (non-hydrogen) atoms. The number of hydrogen-bond acceptors (Lipinski definition) is 6. The van der Waals surface area contributed by atoms with E-state index in [-0.39, 0.29) is 23.5 Å². The van der Waals surface area contributed by atoms with Gasteiger partial charge >= 0.3 is 5.97 Å². The number of ether oxygens (including phenoxy) is 1. The van der Waals surface area contributed by atoms with E-state index in [4.69, 9.17) is 0 Å². The third-order valence-electron chi connectivity index (χ3n) is 3.17. The molecule has 7 nitrogen and oxygen atoms in total. The summed E-state index contributed by atoms with van der Waals surface area (Å²) in [6, 6.07) is 3.97. The van der Waals surface area contributed by atoms with Crippen LogP contribution in [0.15, 0.2) is 18.2 Å². The maximum absolute atomic E-state index is 11.4. The van der Waals surface area contributed by atoms with E-state index in [1.165, 1.54) is 25.3 Å². The zero-order chi connectivity index (χ0) is 14.0. The number of carbonyl (C=O) groups is 1. The summed E-state index contributed by atoms with van der Waals surface area (Å²) in [6.45, 7) is -0.105. The maximum Gasteiger partial charge on any atom is 0.337 e. The Bertz CT molecular complexity index is 525. The van der Waals surface area contributed by atoms with Gasteiger partial charge in [0, 0.05) is 6.07 Å². The molecular formula is C12H14N2O5. The van der Waals surface area contributed by atoms with Crippen molar-refractivity contribution in [1.29, 1.82) is 0 Å². The summed E-state index contributed by atoms with van der Waals surface area (Å²) in [7, 11) is 1.24. The summed E-state index contributed by atoms with van der Waals surface area (Å²) in [4.78, 5) is 21.9. The molecule has 0 saturated heterocycles. The van der Waals surface area contributed by atoms with Crippen molar-refractivity contribution in [3.8, 4) is 0 Å². The molecule has 1 aliphatic carbocycles. The molecule has 0 bridgehead atoms. The van der Waals surface area contributed by atoms with Gasteiger partial charge in [0.05, 0.1) is 29.7 Å². The number of nitro benzene ring substituents is 1. The molecule has 1 saturated carbocycles. The van der Waals surface area contributed by atoms with Crippen molar-refractivity contribution in [2.24, 2.45) is 0 Å². The maximum atomic E-state index is 11.4. The van der Waals surface area contributed by atoms with Gasteiger partial charge in [-0.3, -0.25) is 10.1 Å². The highest BCUT2D eigenvalue weighted by Gasteiger charge is 2.43. The van der Waals surface area contributed by atoms with E-state index in [1.807, 2.05) is 0 Å². The van der Waals surface area contributed by atoms with Crippen LogP contribution in [0.3, 0.4) is 0 Å². The van der Waals surface area contributed by atoms with E-state index < -0.39 is 16.4 Å². The van der Waals surface area contributed by atoms with E-state index in [2.05, 4.69) is 10.1 Å². The molecule has 1 aromatic carbocycles. The van der Waals surface area contributed by atoms with E-state index in [1.54, 1.807) is 0 Å². The van der Waals surface area contributed by atoms with Crippen molar-refractivity contribution in [1.82, 2.24) is 0 Å². The van der Waals surface area contributed by atoms with Gasteiger partial charge in [0.1, 0.15) is 5.69 Å². The average Bonchev–Trinajstić information content (AvgIpc) is 3.17. The molecule has 0 spiro atoms. The fraction of sp³-hybridized carbons (Fsp3) is 0.417. The first-order valence-electron chi connectivity index (χ1n) is 5.77. The van der Waals surface area contributed by atoms with Gasteiger partial charge in [0.2, 0.25) is 0 Å². The molecule has 0 radical (unpaired) electrons. The quantitative estimate of drug-likeness (QED) is 0.473. The molecule has 102 valence electrons. The van der Waals surface area contributed by atoms with Gasteiger partial charge in [-0.1, -0.05) is 0 Å². The summed E-state index contributed by atoms with van der Waals surface area (Å²) in [6.07, 6.45) is 1.48. The van der Waals surface area contributed by atoms with Crippen LogP contribution in [-0.2, 0) is 4.74 Å². The molecule has 1 fully saturated rings. The van der Waals surface area contributed by atoms with E-state index >= 15 is 0 Å². The number of hydrogen-bond donors (Lipinski definition) is 2. The Hall–Kier alpha value is -2.15. The topological polar surface area (TPSA) is 102 Å². The van der Waals surface area contributed by atoms with Crippen LogP contribution in [0.4, 0.5) is 11.4 Å². The fourth-order valence-corrected chi connectivity index (χ4v) is 1.80. The van der Waals surface area contributed by atoms with Crippen molar-refractivity contribution in [3.05, 3.63) is 33.9 Å². The fourth-order valence-electron chi connectivity index (χ4n) is 1.80. The van der Waals surface area contributed by atoms with Crippen LogP contribution in [-0.4, -0.2) is 35.3 Å². The van der Waals surface area contributed by atoms with Crippen molar-refractivity contribution < 1.29 is 19.6 Å². The second-order valence-corrected chi connectivity index (χ2v) is 4.54. The van der Waals surface area contributed by atoms with Gasteiger partial charge in [0.25, 0.3) is 5.69 Å². The third-order valence-corrected chi connectivity index (χ3v) is 3.17. The predicted molar refractivity (Wildman–Crippen MR) is 67.1 cm³/mol. The molecule has 1 aromatic rings. The first-order valence-corrected chi connectivity index (χ1v) is 5.77. The van der Waals surface area contributed by atoms with Crippen molar-refractivity contribution >= 4 is 17.3 Å². The largest absolute Gasteiger partial charge is 0.465 e. The lowest BCUT2D eigenvalue weighted by Crippen LogP contribution is -2.26. The van der Waals surface area contributed by atoms with Gasteiger partial charge in [0.15, 0.2) is 0 Å². The minimum atomic E-state index is -0.563. The summed E-state index contributed by atoms with van der Waals surface area (Å²) in [5, 5.41) is 23.2. The van der Waals surface area contributed by atoms with Crippen molar-refractivity contribution in [3.63, 3.8) is 0 Å². The molecule has 0 heterocycles. The Balaban J connectivity index is 2.36. The number of benzene rings is 1. The first kappa shape index (κ1) is 13.3. The molecule has 2 N–H and O–H groups in total. The highest BCUT2D eigenvalue weighted by atomic mass is 16.6. The lowest BCUT2D eigenvalue weighted by Gasteiger charge is -2.16. The minimum Gasteiger partial charge on any atom is -0.465 e. The molecule has 0 aromatic heterocycles. The van der Waals surface area contributed by atoms with E-state index in [0.29, 0.717) is 0 Å². The smallest absolute Gasteiger partial charge is 0.337 e. The van der Waals surface area contributed by atoms with Crippen LogP contribution in [0.2, 0.25) is 0 Å². The summed E-state index contributed by atoms with van der Waals surface area (Å²) in [5.74, 6) is -0.563. The lowest BCUT2D eigenvalue weighted by molar-refractivity contribution is -0.384. The van der Waals surface area contributed by atoms with Crippen molar-refractivity contribution in [2.45, 2.75) is 18.4 Å². The summed E-state index contributed by atoms with van der Waals surface area (Å²) >= 11 is 0. The van der Waals surface area contributed by atoms with Crippen LogP contribution >= 0.6 is 0 Å². The Morgan fingerprint density at radius 2 is 2.26 bits per heavy atom. The number of esters is 1. The van der Waals surface area contributed by atoms with Crippen LogP contribution in [0.5, 0.6) is 0 Å². The summed E-state index contributed by atoms with van der Waals surface area (Å²) < 4.78 is 4.58. The highest BCUT2D eigenvalue weighted by Crippen LogP contribution is 2.40. The SMILES string of the molecule is COC(=O)c1ccc([N+](=O)[O-])c(NC2(CO)CC2)c1. The molecule has 0 aliphatic heterocycles. The van der Waals surface area contributed by atoms with Gasteiger partial charge in [-0.25, -0.2) is 4.79 Å². The number of methoxy groups -OCH3 is 1. The Morgan fingerprint density at radius 3 is 2.74 bits per heavy atom.